The van der Waals surface area contributed by atoms with Crippen molar-refractivity contribution in [1.29, 1.82) is 0 Å². The Bertz CT molecular complexity index is 1000. The van der Waals surface area contributed by atoms with Crippen LogP contribution in [0, 0.1) is 0 Å². The highest BCUT2D eigenvalue weighted by molar-refractivity contribution is 6.42. The van der Waals surface area contributed by atoms with Crippen LogP contribution in [-0.2, 0) is 22.1 Å². The van der Waals surface area contributed by atoms with Crippen LogP contribution < -0.4 is 5.32 Å². The van der Waals surface area contributed by atoms with Crippen molar-refractivity contribution in [2.24, 2.45) is 0 Å². The minimum atomic E-state index is -4.59. The first-order valence-electron chi connectivity index (χ1n) is 9.07. The molecular formula is C21H16Cl2F3NO2. The molecule has 1 N–H and O–H groups in total. The molecule has 8 heteroatoms. The number of hydrogen-bond acceptors (Lipinski definition) is 3. The topological polar surface area (TPSA) is 38.3 Å². The SMILES string of the molecule is O=C1C(c2ccccc2C(F)(F)F)=C(NC2CC2)OC1Cc1cccc(Cl)c1Cl. The molecule has 0 bridgehead atoms. The van der Waals surface area contributed by atoms with Gasteiger partial charge in [-0.25, -0.2) is 0 Å². The Balaban J connectivity index is 1.71. The molecule has 0 aromatic heterocycles. The van der Waals surface area contributed by atoms with Gasteiger partial charge in [-0.1, -0.05) is 53.5 Å². The first kappa shape index (κ1) is 20.1. The molecule has 0 spiro atoms. The molecule has 1 saturated carbocycles. The van der Waals surface area contributed by atoms with Gasteiger partial charge in [0, 0.05) is 18.0 Å². The second-order valence-electron chi connectivity index (χ2n) is 7.05. The van der Waals surface area contributed by atoms with Gasteiger partial charge in [0.15, 0.2) is 12.0 Å². The van der Waals surface area contributed by atoms with E-state index < -0.39 is 23.6 Å². The van der Waals surface area contributed by atoms with Crippen LogP contribution in [0.2, 0.25) is 10.0 Å². The predicted octanol–water partition coefficient (Wildman–Crippen LogP) is 5.64. The van der Waals surface area contributed by atoms with E-state index in [1.807, 2.05) is 0 Å². The van der Waals surface area contributed by atoms with Gasteiger partial charge < -0.3 is 10.1 Å². The largest absolute Gasteiger partial charge is 0.467 e. The van der Waals surface area contributed by atoms with Gasteiger partial charge in [-0.2, -0.15) is 13.2 Å². The lowest BCUT2D eigenvalue weighted by atomic mass is 9.93. The Morgan fingerprint density at radius 1 is 1.07 bits per heavy atom. The minimum Gasteiger partial charge on any atom is -0.467 e. The highest BCUT2D eigenvalue weighted by Gasteiger charge is 2.42. The average Bonchev–Trinajstić information content (AvgIpc) is 3.43. The maximum absolute atomic E-state index is 13.5. The van der Waals surface area contributed by atoms with E-state index in [1.54, 1.807) is 18.2 Å². The summed E-state index contributed by atoms with van der Waals surface area (Å²) in [6, 6.07) is 10.1. The lowest BCUT2D eigenvalue weighted by molar-refractivity contribution is -0.137. The zero-order chi connectivity index (χ0) is 20.8. The highest BCUT2D eigenvalue weighted by Crippen LogP contribution is 2.40. The van der Waals surface area contributed by atoms with Gasteiger partial charge in [0.05, 0.1) is 21.2 Å². The number of alkyl halides is 3. The molecule has 3 nitrogen and oxygen atoms in total. The fraction of sp³-hybridized carbons (Fsp3) is 0.286. The van der Waals surface area contributed by atoms with Crippen molar-refractivity contribution in [2.75, 3.05) is 0 Å². The normalized spacial score (nSPS) is 19.5. The first-order valence-corrected chi connectivity index (χ1v) is 9.82. The fourth-order valence-corrected chi connectivity index (χ4v) is 3.69. The molecule has 29 heavy (non-hydrogen) atoms. The number of rotatable bonds is 5. The molecule has 152 valence electrons. The molecule has 1 unspecified atom stereocenters. The van der Waals surface area contributed by atoms with E-state index in [-0.39, 0.29) is 29.5 Å². The number of carbonyl (C=O) groups is 1. The Kier molecular flexibility index (Phi) is 5.25. The number of halogens is 5. The molecule has 0 saturated heterocycles. The zero-order valence-electron chi connectivity index (χ0n) is 15.0. The molecule has 1 aliphatic carbocycles. The molecule has 1 atom stereocenters. The molecule has 0 amide bonds. The monoisotopic (exact) mass is 441 g/mol. The van der Waals surface area contributed by atoms with E-state index in [4.69, 9.17) is 27.9 Å². The van der Waals surface area contributed by atoms with Gasteiger partial charge in [0.2, 0.25) is 5.78 Å². The molecule has 1 fully saturated rings. The summed E-state index contributed by atoms with van der Waals surface area (Å²) in [5.74, 6) is -0.418. The predicted molar refractivity (Wildman–Crippen MR) is 105 cm³/mol. The van der Waals surface area contributed by atoms with Crippen molar-refractivity contribution in [3.63, 3.8) is 0 Å². The zero-order valence-corrected chi connectivity index (χ0v) is 16.5. The highest BCUT2D eigenvalue weighted by atomic mass is 35.5. The van der Waals surface area contributed by atoms with Gasteiger partial charge in [0.1, 0.15) is 0 Å². The molecule has 4 rings (SSSR count). The Morgan fingerprint density at radius 2 is 1.79 bits per heavy atom. The Hall–Kier alpha value is -2.18. The molecule has 1 heterocycles. The van der Waals surface area contributed by atoms with Crippen LogP contribution in [0.4, 0.5) is 13.2 Å². The van der Waals surface area contributed by atoms with E-state index in [0.29, 0.717) is 15.6 Å². The van der Waals surface area contributed by atoms with Crippen LogP contribution in [0.3, 0.4) is 0 Å². The van der Waals surface area contributed by atoms with Crippen molar-refractivity contribution in [3.8, 4) is 0 Å². The van der Waals surface area contributed by atoms with Crippen LogP contribution in [0.25, 0.3) is 5.57 Å². The van der Waals surface area contributed by atoms with Gasteiger partial charge in [-0.3, -0.25) is 4.79 Å². The van der Waals surface area contributed by atoms with E-state index in [1.165, 1.54) is 18.2 Å². The summed E-state index contributed by atoms with van der Waals surface area (Å²) >= 11 is 12.2. The number of ether oxygens (including phenoxy) is 1. The summed E-state index contributed by atoms with van der Waals surface area (Å²) in [4.78, 5) is 13.1. The third-order valence-corrected chi connectivity index (χ3v) is 5.74. The van der Waals surface area contributed by atoms with E-state index in [9.17, 15) is 18.0 Å². The number of benzene rings is 2. The summed E-state index contributed by atoms with van der Waals surface area (Å²) in [7, 11) is 0. The average molecular weight is 442 g/mol. The Labute approximate surface area is 175 Å². The smallest absolute Gasteiger partial charge is 0.417 e. The van der Waals surface area contributed by atoms with Crippen LogP contribution in [-0.4, -0.2) is 17.9 Å². The lowest BCUT2D eigenvalue weighted by Crippen LogP contribution is -2.23. The van der Waals surface area contributed by atoms with Gasteiger partial charge in [-0.15, -0.1) is 0 Å². The third kappa shape index (κ3) is 4.09. The molecular weight excluding hydrogens is 426 g/mol. The van der Waals surface area contributed by atoms with Crippen molar-refractivity contribution in [3.05, 3.63) is 75.1 Å². The van der Waals surface area contributed by atoms with Gasteiger partial charge in [0.25, 0.3) is 0 Å². The van der Waals surface area contributed by atoms with Crippen molar-refractivity contribution in [1.82, 2.24) is 5.32 Å². The maximum atomic E-state index is 13.5. The second-order valence-corrected chi connectivity index (χ2v) is 7.84. The molecule has 2 aromatic rings. The number of carbonyl (C=O) groups excluding carboxylic acids is 1. The maximum Gasteiger partial charge on any atom is 0.417 e. The number of hydrogen-bond donors (Lipinski definition) is 1. The quantitative estimate of drug-likeness (QED) is 0.651. The second kappa shape index (κ2) is 7.58. The van der Waals surface area contributed by atoms with E-state index >= 15 is 0 Å². The van der Waals surface area contributed by atoms with Crippen molar-refractivity contribution in [2.45, 2.75) is 37.6 Å². The standard InChI is InChI=1S/C21H16Cl2F3NO2/c22-15-7-3-4-11(18(15)23)10-16-19(28)17(20(29-16)27-12-8-9-12)13-5-1-2-6-14(13)21(24,25)26/h1-7,12,16,27H,8-10H2. The van der Waals surface area contributed by atoms with Crippen molar-refractivity contribution < 1.29 is 22.7 Å². The van der Waals surface area contributed by atoms with Gasteiger partial charge >= 0.3 is 6.18 Å². The van der Waals surface area contributed by atoms with Crippen LogP contribution in [0.5, 0.6) is 0 Å². The number of Topliss-reactive ketones (excluding diaryl/α,β-unsaturated/α-hetero) is 1. The summed E-state index contributed by atoms with van der Waals surface area (Å²) in [6.45, 7) is 0. The van der Waals surface area contributed by atoms with Crippen LogP contribution in [0.1, 0.15) is 29.5 Å². The molecule has 1 aliphatic heterocycles. The number of ketones is 1. The van der Waals surface area contributed by atoms with Crippen LogP contribution in [0.15, 0.2) is 48.3 Å². The molecule has 0 radical (unpaired) electrons. The molecule has 2 aromatic carbocycles. The van der Waals surface area contributed by atoms with E-state index in [0.717, 1.165) is 18.9 Å². The molecule has 2 aliphatic rings. The van der Waals surface area contributed by atoms with Gasteiger partial charge in [-0.05, 0) is 30.5 Å². The minimum absolute atomic E-state index is 0.0759. The van der Waals surface area contributed by atoms with Crippen molar-refractivity contribution >= 4 is 34.6 Å². The summed E-state index contributed by atoms with van der Waals surface area (Å²) in [5, 5.41) is 3.69. The summed E-state index contributed by atoms with van der Waals surface area (Å²) in [6.07, 6.45) is -3.72. The summed E-state index contributed by atoms with van der Waals surface area (Å²) < 4.78 is 46.4. The van der Waals surface area contributed by atoms with Crippen LogP contribution >= 0.6 is 23.2 Å². The third-order valence-electron chi connectivity index (χ3n) is 4.88. The lowest BCUT2D eigenvalue weighted by Gasteiger charge is -2.14. The Morgan fingerprint density at radius 3 is 2.48 bits per heavy atom. The van der Waals surface area contributed by atoms with E-state index in [2.05, 4.69) is 5.32 Å². The number of nitrogens with one attached hydrogen (secondary N) is 1. The first-order chi connectivity index (χ1) is 13.8. The fourth-order valence-electron chi connectivity index (χ4n) is 3.29. The summed E-state index contributed by atoms with van der Waals surface area (Å²) in [5.41, 5.74) is -0.544.